The summed E-state index contributed by atoms with van der Waals surface area (Å²) in [5.74, 6) is -2.88. The second kappa shape index (κ2) is 7.34. The molecule has 1 unspecified atom stereocenters. The number of aromatic amines is 1. The van der Waals surface area contributed by atoms with Gasteiger partial charge in [0.25, 0.3) is 15.9 Å². The highest BCUT2D eigenvalue weighted by molar-refractivity contribution is 7.89. The van der Waals surface area contributed by atoms with Gasteiger partial charge in [-0.25, -0.2) is 21.9 Å². The molecule has 1 amide bonds. The van der Waals surface area contributed by atoms with Crippen molar-refractivity contribution in [2.45, 2.75) is 18.0 Å². The van der Waals surface area contributed by atoms with Gasteiger partial charge in [-0.15, -0.1) is 0 Å². The zero-order chi connectivity index (χ0) is 20.6. The number of nitrogens with zero attached hydrogens (tertiary/aromatic N) is 1. The zero-order valence-electron chi connectivity index (χ0n) is 15.0. The van der Waals surface area contributed by atoms with Crippen LogP contribution in [0.25, 0.3) is 10.9 Å². The molecule has 11 heteroatoms. The smallest absolute Gasteiger partial charge is 0.273 e. The maximum Gasteiger partial charge on any atom is 0.273 e. The molecule has 28 heavy (non-hydrogen) atoms. The molecule has 0 aliphatic rings. The fourth-order valence-corrected chi connectivity index (χ4v) is 4.51. The Morgan fingerprint density at radius 3 is 2.64 bits per heavy atom. The Morgan fingerprint density at radius 1 is 1.29 bits per heavy atom. The summed E-state index contributed by atoms with van der Waals surface area (Å²) in [5.41, 5.74) is 0.235. The summed E-state index contributed by atoms with van der Waals surface area (Å²) in [6, 6.07) is 3.69. The van der Waals surface area contributed by atoms with Gasteiger partial charge in [-0.1, -0.05) is 0 Å². The minimum atomic E-state index is -4.06. The van der Waals surface area contributed by atoms with Crippen LogP contribution in [-0.2, 0) is 17.1 Å². The molecule has 1 aromatic carbocycles. The van der Waals surface area contributed by atoms with E-state index >= 15 is 0 Å². The number of aliphatic hydroxyl groups is 1. The molecule has 0 aliphatic heterocycles. The molecule has 150 valence electrons. The van der Waals surface area contributed by atoms with Gasteiger partial charge in [-0.2, -0.15) is 0 Å². The second-order valence-electron chi connectivity index (χ2n) is 6.27. The van der Waals surface area contributed by atoms with E-state index in [1.165, 1.54) is 36.9 Å². The van der Waals surface area contributed by atoms with E-state index in [2.05, 4.69) is 15.0 Å². The summed E-state index contributed by atoms with van der Waals surface area (Å²) in [5, 5.41) is 11.7. The third-order valence-corrected chi connectivity index (χ3v) is 5.83. The Kier molecular flexibility index (Phi) is 5.24. The molecule has 0 fully saturated rings. The molecule has 0 saturated heterocycles. The number of sulfonamides is 1. The maximum absolute atomic E-state index is 13.4. The van der Waals surface area contributed by atoms with Gasteiger partial charge in [0, 0.05) is 36.4 Å². The number of aliphatic hydroxyl groups excluding tert-OH is 1. The van der Waals surface area contributed by atoms with Gasteiger partial charge in [0.15, 0.2) is 16.7 Å². The number of amides is 1. The molecule has 0 bridgehead atoms. The van der Waals surface area contributed by atoms with Gasteiger partial charge in [0.2, 0.25) is 0 Å². The number of benzene rings is 1. The molecule has 3 rings (SSSR count). The summed E-state index contributed by atoms with van der Waals surface area (Å²) in [6.07, 6.45) is 1.48. The van der Waals surface area contributed by atoms with Crippen molar-refractivity contribution in [3.63, 3.8) is 0 Å². The number of halogens is 2. The number of hydrogen-bond donors (Lipinski definition) is 4. The summed E-state index contributed by atoms with van der Waals surface area (Å²) in [7, 11) is -2.67. The number of carbonyl (C=O) groups is 1. The number of carbonyl (C=O) groups excluding carboxylic acids is 1. The molecule has 8 nitrogen and oxygen atoms in total. The molecule has 0 radical (unpaired) electrons. The molecular formula is C17H18F2N4O4S. The van der Waals surface area contributed by atoms with E-state index in [-0.39, 0.29) is 21.9 Å². The predicted molar refractivity (Wildman–Crippen MR) is 98.5 cm³/mol. The van der Waals surface area contributed by atoms with Crippen molar-refractivity contribution in [1.82, 2.24) is 14.3 Å². The van der Waals surface area contributed by atoms with Crippen molar-refractivity contribution in [3.05, 3.63) is 47.8 Å². The number of fused-ring (bicyclic) bond motifs is 1. The van der Waals surface area contributed by atoms with Crippen LogP contribution < -0.4 is 10.0 Å². The van der Waals surface area contributed by atoms with E-state index in [9.17, 15) is 22.0 Å². The zero-order valence-corrected chi connectivity index (χ0v) is 15.8. The van der Waals surface area contributed by atoms with Crippen LogP contribution in [-0.4, -0.2) is 41.6 Å². The first-order valence-corrected chi connectivity index (χ1v) is 9.69. The Hall–Kier alpha value is -2.76. The molecule has 0 spiro atoms. The number of aromatic nitrogens is 2. The Morgan fingerprint density at radius 2 is 2.00 bits per heavy atom. The molecule has 2 heterocycles. The van der Waals surface area contributed by atoms with Crippen molar-refractivity contribution in [2.24, 2.45) is 7.05 Å². The number of rotatable bonds is 6. The maximum atomic E-state index is 13.4. The fourth-order valence-electron chi connectivity index (χ4n) is 2.91. The van der Waals surface area contributed by atoms with Gasteiger partial charge in [0.1, 0.15) is 5.69 Å². The molecule has 1 atom stereocenters. The largest absolute Gasteiger partial charge is 0.395 e. The molecule has 0 saturated carbocycles. The fraction of sp³-hybridized carbons (Fsp3) is 0.235. The highest BCUT2D eigenvalue weighted by atomic mass is 32.2. The number of H-pyrrole nitrogens is 1. The van der Waals surface area contributed by atoms with Gasteiger partial charge in [0.05, 0.1) is 12.1 Å². The lowest BCUT2D eigenvalue weighted by molar-refractivity contribution is 0.102. The highest BCUT2D eigenvalue weighted by Crippen LogP contribution is 2.29. The summed E-state index contributed by atoms with van der Waals surface area (Å²) in [6.45, 7) is 1.09. The molecule has 4 N–H and O–H groups in total. The molecule has 3 aromatic rings. The minimum absolute atomic E-state index is 0.0120. The van der Waals surface area contributed by atoms with Crippen LogP contribution in [0, 0.1) is 11.6 Å². The van der Waals surface area contributed by atoms with Crippen LogP contribution >= 0.6 is 0 Å². The summed E-state index contributed by atoms with van der Waals surface area (Å²) >= 11 is 0. The monoisotopic (exact) mass is 412 g/mol. The van der Waals surface area contributed by atoms with Crippen LogP contribution in [0.5, 0.6) is 0 Å². The Bertz CT molecular complexity index is 1150. The predicted octanol–water partition coefficient (Wildman–Crippen LogP) is 1.70. The highest BCUT2D eigenvalue weighted by Gasteiger charge is 2.30. The lowest BCUT2D eigenvalue weighted by atomic mass is 10.2. The summed E-state index contributed by atoms with van der Waals surface area (Å²) < 4.78 is 55.4. The standard InChI is InChI=1S/C17H18F2N4O4S/c1-9(8-24)22-28(26,27)17-14-11(5-6-20-14)15(23(17)2)16(25)21-10-3-4-12(18)13(19)7-10/h3-7,9,20,22,24H,8H2,1-2H3,(H,21,25). The number of nitrogens with one attached hydrogen (secondary N) is 3. The van der Waals surface area contributed by atoms with Crippen molar-refractivity contribution in [3.8, 4) is 0 Å². The Labute approximate surface area is 159 Å². The number of hydrogen-bond acceptors (Lipinski definition) is 4. The van der Waals surface area contributed by atoms with E-state index in [0.717, 1.165) is 12.1 Å². The van der Waals surface area contributed by atoms with Crippen molar-refractivity contribution in [1.29, 1.82) is 0 Å². The molecule has 2 aromatic heterocycles. The van der Waals surface area contributed by atoms with Crippen LogP contribution in [0.1, 0.15) is 17.4 Å². The number of anilines is 1. The molecular weight excluding hydrogens is 394 g/mol. The molecule has 0 aliphatic carbocycles. The van der Waals surface area contributed by atoms with Gasteiger partial charge in [-0.3, -0.25) is 4.79 Å². The second-order valence-corrected chi connectivity index (χ2v) is 7.90. The third-order valence-electron chi connectivity index (χ3n) is 4.13. The topological polar surface area (TPSA) is 116 Å². The third kappa shape index (κ3) is 3.51. The first kappa shape index (κ1) is 20.0. The van der Waals surface area contributed by atoms with E-state index in [4.69, 9.17) is 5.11 Å². The lowest BCUT2D eigenvalue weighted by Gasteiger charge is -2.13. The van der Waals surface area contributed by atoms with Crippen molar-refractivity contribution >= 4 is 32.5 Å². The van der Waals surface area contributed by atoms with Crippen LogP contribution in [0.3, 0.4) is 0 Å². The van der Waals surface area contributed by atoms with E-state index in [0.29, 0.717) is 5.39 Å². The van der Waals surface area contributed by atoms with Gasteiger partial charge >= 0.3 is 0 Å². The SMILES string of the molecule is CC(CO)NS(=O)(=O)c1c2[nH]ccc2c(C(=O)Nc2ccc(F)c(F)c2)n1C. The minimum Gasteiger partial charge on any atom is -0.395 e. The Balaban J connectivity index is 2.05. The van der Waals surface area contributed by atoms with Gasteiger partial charge in [-0.05, 0) is 25.1 Å². The van der Waals surface area contributed by atoms with Crippen LogP contribution in [0.2, 0.25) is 0 Å². The van der Waals surface area contributed by atoms with Crippen LogP contribution in [0.4, 0.5) is 14.5 Å². The van der Waals surface area contributed by atoms with E-state index < -0.39 is 40.2 Å². The normalized spacial score (nSPS) is 13.0. The van der Waals surface area contributed by atoms with Crippen LogP contribution in [0.15, 0.2) is 35.5 Å². The van der Waals surface area contributed by atoms with Crippen molar-refractivity contribution < 1.29 is 27.1 Å². The quantitative estimate of drug-likeness (QED) is 0.493. The first-order valence-electron chi connectivity index (χ1n) is 8.21. The average Bonchev–Trinajstić information content (AvgIpc) is 3.16. The van der Waals surface area contributed by atoms with Crippen molar-refractivity contribution in [2.75, 3.05) is 11.9 Å². The van der Waals surface area contributed by atoms with Gasteiger partial charge < -0.3 is 20.0 Å². The van der Waals surface area contributed by atoms with E-state index in [1.807, 2.05) is 0 Å². The lowest BCUT2D eigenvalue weighted by Crippen LogP contribution is -2.36. The first-order chi connectivity index (χ1) is 13.2. The summed E-state index contributed by atoms with van der Waals surface area (Å²) in [4.78, 5) is 15.5. The van der Waals surface area contributed by atoms with E-state index in [1.54, 1.807) is 0 Å². The average molecular weight is 412 g/mol.